The number of anilines is 1. The van der Waals surface area contributed by atoms with Gasteiger partial charge in [-0.1, -0.05) is 0 Å². The second-order valence-corrected chi connectivity index (χ2v) is 11.4. The molecule has 2 aromatic rings. The Balaban J connectivity index is 1.65. The summed E-state index contributed by atoms with van der Waals surface area (Å²) in [5, 5.41) is 9.30. The number of amides is 1. The molecule has 1 aliphatic heterocycles. The van der Waals surface area contributed by atoms with Crippen LogP contribution < -0.4 is 9.64 Å². The van der Waals surface area contributed by atoms with Crippen LogP contribution in [0.2, 0.25) is 0 Å². The number of hydrogen-bond donors (Lipinski definition) is 1. The van der Waals surface area contributed by atoms with Crippen molar-refractivity contribution < 1.29 is 63.7 Å². The van der Waals surface area contributed by atoms with Crippen LogP contribution in [0.5, 0.6) is 5.75 Å². The van der Waals surface area contributed by atoms with Gasteiger partial charge in [0.05, 0.1) is 29.6 Å². The number of hydrogen-bond acceptors (Lipinski definition) is 5. The number of carboxylic acids is 1. The van der Waals surface area contributed by atoms with E-state index in [1.807, 2.05) is 4.90 Å². The molecule has 4 rings (SSSR count). The Morgan fingerprint density at radius 3 is 2.04 bits per heavy atom. The lowest BCUT2D eigenvalue weighted by Gasteiger charge is -2.34. The predicted molar refractivity (Wildman–Crippen MR) is 145 cm³/mol. The third kappa shape index (κ3) is 8.29. The number of ether oxygens (including phenoxy) is 2. The molecule has 1 unspecified atom stereocenters. The van der Waals surface area contributed by atoms with Gasteiger partial charge in [0, 0.05) is 18.8 Å². The summed E-state index contributed by atoms with van der Waals surface area (Å²) in [6, 6.07) is 3.28. The number of benzene rings is 2. The van der Waals surface area contributed by atoms with Gasteiger partial charge < -0.3 is 19.5 Å². The van der Waals surface area contributed by atoms with Crippen molar-refractivity contribution in [2.24, 2.45) is 11.8 Å². The summed E-state index contributed by atoms with van der Waals surface area (Å²) < 4.78 is 129. The Bertz CT molecular complexity index is 1390. The maximum atomic E-state index is 13.5. The molecule has 1 saturated heterocycles. The Labute approximate surface area is 257 Å². The Kier molecular flexibility index (Phi) is 9.97. The lowest BCUT2D eigenvalue weighted by Crippen LogP contribution is -2.35. The highest BCUT2D eigenvalue weighted by molar-refractivity contribution is 5.72. The molecule has 1 heterocycles. The number of halogens is 9. The molecule has 1 saturated carbocycles. The first kappa shape index (κ1) is 35.0. The molecule has 1 aliphatic carbocycles. The zero-order valence-electron chi connectivity index (χ0n) is 24.6. The number of alkyl halides is 9. The second-order valence-electron chi connectivity index (χ2n) is 11.4. The van der Waals surface area contributed by atoms with E-state index in [-0.39, 0.29) is 17.5 Å². The second kappa shape index (κ2) is 13.1. The quantitative estimate of drug-likeness (QED) is 0.270. The molecule has 0 bridgehead atoms. The molecule has 2 fully saturated rings. The molecule has 1 N–H and O–H groups in total. The number of nitrogens with zero attached hydrogens (tertiary/aromatic N) is 2. The van der Waals surface area contributed by atoms with E-state index in [4.69, 9.17) is 4.74 Å². The Hall–Kier alpha value is -3.85. The first-order valence-electron chi connectivity index (χ1n) is 14.4. The van der Waals surface area contributed by atoms with Crippen molar-refractivity contribution in [3.8, 4) is 5.75 Å². The summed E-state index contributed by atoms with van der Waals surface area (Å²) in [6.45, 7) is 3.52. The zero-order chi connectivity index (χ0) is 34.2. The summed E-state index contributed by atoms with van der Waals surface area (Å²) >= 11 is 0. The summed E-state index contributed by atoms with van der Waals surface area (Å²) in [4.78, 5) is 27.2. The van der Waals surface area contributed by atoms with Crippen molar-refractivity contribution in [1.82, 2.24) is 4.90 Å². The monoisotopic (exact) mass is 670 g/mol. The average Bonchev–Trinajstić information content (AvgIpc) is 3.23. The molecule has 1 amide bonds. The highest BCUT2D eigenvalue weighted by Gasteiger charge is 2.44. The third-order valence-corrected chi connectivity index (χ3v) is 8.35. The van der Waals surface area contributed by atoms with Crippen molar-refractivity contribution in [2.75, 3.05) is 18.0 Å². The van der Waals surface area contributed by atoms with E-state index < -0.39 is 77.8 Å². The summed E-state index contributed by atoms with van der Waals surface area (Å²) in [5.74, 6) is -1.87. The smallest absolute Gasteiger partial charge is 0.481 e. The van der Waals surface area contributed by atoms with E-state index in [0.29, 0.717) is 56.6 Å². The first-order valence-corrected chi connectivity index (χ1v) is 14.4. The molecule has 0 aromatic heterocycles. The Morgan fingerprint density at radius 1 is 0.957 bits per heavy atom. The van der Waals surface area contributed by atoms with E-state index in [9.17, 15) is 54.2 Å². The molecular formula is C30H31F9N2O5. The zero-order valence-corrected chi connectivity index (χ0v) is 24.6. The van der Waals surface area contributed by atoms with Crippen LogP contribution in [-0.4, -0.2) is 47.6 Å². The van der Waals surface area contributed by atoms with Gasteiger partial charge in [0.1, 0.15) is 11.9 Å². The molecule has 16 heteroatoms. The topological polar surface area (TPSA) is 79.3 Å². The molecule has 2 aliphatic rings. The maximum absolute atomic E-state index is 13.5. The van der Waals surface area contributed by atoms with E-state index in [1.165, 1.54) is 13.0 Å². The minimum Gasteiger partial charge on any atom is -0.481 e. The van der Waals surface area contributed by atoms with Crippen molar-refractivity contribution in [2.45, 2.75) is 76.9 Å². The lowest BCUT2D eigenvalue weighted by molar-refractivity contribution is -0.274. The molecule has 7 nitrogen and oxygen atoms in total. The van der Waals surface area contributed by atoms with Gasteiger partial charge in [-0.3, -0.25) is 9.69 Å². The molecule has 2 atom stereocenters. The molecule has 0 radical (unpaired) electrons. The van der Waals surface area contributed by atoms with E-state index in [1.54, 1.807) is 6.92 Å². The normalized spacial score (nSPS) is 22.5. The van der Waals surface area contributed by atoms with Gasteiger partial charge >= 0.3 is 30.8 Å². The first-order chi connectivity index (χ1) is 21.3. The summed E-state index contributed by atoms with van der Waals surface area (Å²) in [7, 11) is 0. The van der Waals surface area contributed by atoms with Crippen molar-refractivity contribution in [3.05, 3.63) is 58.7 Å². The number of carboxylic acid groups (broad SMARTS) is 1. The van der Waals surface area contributed by atoms with E-state index >= 15 is 0 Å². The molecule has 46 heavy (non-hydrogen) atoms. The largest absolute Gasteiger partial charge is 0.573 e. The van der Waals surface area contributed by atoms with Gasteiger partial charge in [0.15, 0.2) is 0 Å². The highest BCUT2D eigenvalue weighted by Crippen LogP contribution is 2.42. The lowest BCUT2D eigenvalue weighted by atomic mass is 9.81. The van der Waals surface area contributed by atoms with E-state index in [2.05, 4.69) is 4.74 Å². The molecule has 0 spiro atoms. The van der Waals surface area contributed by atoms with Crippen molar-refractivity contribution >= 4 is 17.7 Å². The summed E-state index contributed by atoms with van der Waals surface area (Å²) in [6.07, 6.45) is -15.8. The molecule has 2 aromatic carbocycles. The van der Waals surface area contributed by atoms with Crippen LogP contribution in [-0.2, 0) is 28.4 Å². The minimum absolute atomic E-state index is 0.0470. The number of carbonyl (C=O) groups is 2. The summed E-state index contributed by atoms with van der Waals surface area (Å²) in [5.41, 5.74) is -3.15. The van der Waals surface area contributed by atoms with Crippen LogP contribution in [0.1, 0.15) is 67.9 Å². The van der Waals surface area contributed by atoms with Gasteiger partial charge in [-0.15, -0.1) is 13.2 Å². The predicted octanol–water partition coefficient (Wildman–Crippen LogP) is 8.42. The van der Waals surface area contributed by atoms with Crippen LogP contribution in [0, 0.1) is 11.8 Å². The number of rotatable bonds is 9. The number of carbonyl (C=O) groups excluding carboxylic acids is 1. The fourth-order valence-corrected chi connectivity index (χ4v) is 5.98. The van der Waals surface area contributed by atoms with Crippen LogP contribution in [0.4, 0.5) is 50.0 Å². The van der Waals surface area contributed by atoms with Gasteiger partial charge in [0.25, 0.3) is 0 Å². The van der Waals surface area contributed by atoms with Crippen LogP contribution in [0.15, 0.2) is 36.4 Å². The average molecular weight is 671 g/mol. The van der Waals surface area contributed by atoms with Crippen molar-refractivity contribution in [3.63, 3.8) is 0 Å². The fraction of sp³-hybridized carbons (Fsp3) is 0.533. The van der Waals surface area contributed by atoms with Gasteiger partial charge in [0.2, 0.25) is 0 Å². The van der Waals surface area contributed by atoms with Crippen LogP contribution >= 0.6 is 0 Å². The minimum atomic E-state index is -5.13. The number of aliphatic carboxylic acids is 1. The van der Waals surface area contributed by atoms with Crippen molar-refractivity contribution in [1.29, 1.82) is 0 Å². The maximum Gasteiger partial charge on any atom is 0.573 e. The van der Waals surface area contributed by atoms with Gasteiger partial charge in [-0.05, 0) is 93.0 Å². The SMILES string of the molecule is CCN(CC1CCC(C(=O)O)CC1)c1ccc(OC(F)(F)F)cc1CN1C(=O)O[C@H](c2cc(C(F)(F)F)cc(C(F)(F)F)c2)C1C. The standard InChI is InChI=1S/C30H31F9N2O5/c1-3-40(14-17-4-6-18(7-5-17)26(42)43)24-9-8-23(46-30(37,38)39)12-20(24)15-41-16(2)25(45-27(41)44)19-10-21(28(31,32)33)13-22(11-19)29(34,35)36/h8-13,16-18,25H,3-7,14-15H2,1-2H3,(H,42,43)/t16?,17?,18?,25-/m0/s1. The van der Waals surface area contributed by atoms with E-state index in [0.717, 1.165) is 17.0 Å². The highest BCUT2D eigenvalue weighted by atomic mass is 19.4. The molecular weight excluding hydrogens is 639 g/mol. The molecule has 254 valence electrons. The van der Waals surface area contributed by atoms with Crippen LogP contribution in [0.3, 0.4) is 0 Å². The number of cyclic esters (lactones) is 1. The third-order valence-electron chi connectivity index (χ3n) is 8.35. The van der Waals surface area contributed by atoms with Gasteiger partial charge in [-0.2, -0.15) is 26.3 Å². The Morgan fingerprint density at radius 2 is 1.54 bits per heavy atom. The van der Waals surface area contributed by atoms with Crippen LogP contribution in [0.25, 0.3) is 0 Å². The fourth-order valence-electron chi connectivity index (χ4n) is 5.98. The van der Waals surface area contributed by atoms with Gasteiger partial charge in [-0.25, -0.2) is 4.79 Å².